The van der Waals surface area contributed by atoms with E-state index in [-0.39, 0.29) is 12.4 Å². The molecule has 3 aromatic rings. The number of aromatic nitrogens is 7. The Balaban J connectivity index is 1.54. The van der Waals surface area contributed by atoms with Gasteiger partial charge in [0.1, 0.15) is 5.60 Å². The first kappa shape index (κ1) is 27.8. The Bertz CT molecular complexity index is 1270. The standard InChI is InChI=1S/C24H32N10O5/c1-24(2,3)39-23(36)31-21-25-12-16(13-26-21)19-28-20(30-22(29-19)33-8-10-38-11-9-33)17-14-27-34(15-17)7-5-4-6-18(35)32-37/h12-15,37H,4-11H2,1-3H3,(H,32,35)(H,25,26,31,36). The van der Waals surface area contributed by atoms with Gasteiger partial charge in [-0.3, -0.25) is 20.0 Å². The molecule has 2 amide bonds. The molecule has 4 heterocycles. The summed E-state index contributed by atoms with van der Waals surface area (Å²) in [6, 6.07) is 0. The molecule has 3 aromatic heterocycles. The SMILES string of the molecule is CC(C)(C)OC(=O)Nc1ncc(-c2nc(-c3cnn(CCCCC(=O)NO)c3)nc(N3CCOCC3)n2)cn1. The molecule has 15 heteroatoms. The lowest BCUT2D eigenvalue weighted by Crippen LogP contribution is -2.37. The fourth-order valence-electron chi connectivity index (χ4n) is 3.65. The van der Waals surface area contributed by atoms with Gasteiger partial charge in [0.15, 0.2) is 11.6 Å². The molecular formula is C24H32N10O5. The summed E-state index contributed by atoms with van der Waals surface area (Å²) < 4.78 is 12.5. The normalized spacial score (nSPS) is 13.7. The molecular weight excluding hydrogens is 508 g/mol. The molecule has 15 nitrogen and oxygen atoms in total. The molecule has 1 aliphatic heterocycles. The Morgan fingerprint density at radius 2 is 1.72 bits per heavy atom. The smallest absolute Gasteiger partial charge is 0.414 e. The number of nitrogens with one attached hydrogen (secondary N) is 2. The van der Waals surface area contributed by atoms with E-state index < -0.39 is 17.6 Å². The van der Waals surface area contributed by atoms with Gasteiger partial charge in [-0.15, -0.1) is 0 Å². The zero-order valence-corrected chi connectivity index (χ0v) is 22.1. The second-order valence-corrected chi connectivity index (χ2v) is 9.79. The van der Waals surface area contributed by atoms with Crippen molar-refractivity contribution in [1.29, 1.82) is 0 Å². The molecule has 0 saturated carbocycles. The maximum absolute atomic E-state index is 12.0. The molecule has 0 bridgehead atoms. The van der Waals surface area contributed by atoms with E-state index in [2.05, 4.69) is 35.3 Å². The topological polar surface area (TPSA) is 182 Å². The largest absolute Gasteiger partial charge is 0.444 e. The first-order valence-corrected chi connectivity index (χ1v) is 12.6. The number of morpholine rings is 1. The Hall–Kier alpha value is -4.24. The molecule has 0 unspecified atom stereocenters. The van der Waals surface area contributed by atoms with Gasteiger partial charge in [-0.05, 0) is 33.6 Å². The number of hydrogen-bond acceptors (Lipinski definition) is 12. The van der Waals surface area contributed by atoms with Crippen LogP contribution in [0.1, 0.15) is 40.0 Å². The predicted molar refractivity (Wildman–Crippen MR) is 139 cm³/mol. The summed E-state index contributed by atoms with van der Waals surface area (Å²) in [4.78, 5) is 47.7. The molecule has 3 N–H and O–H groups in total. The maximum atomic E-state index is 12.0. The second kappa shape index (κ2) is 12.5. The van der Waals surface area contributed by atoms with Crippen molar-refractivity contribution in [2.75, 3.05) is 36.5 Å². The fourth-order valence-corrected chi connectivity index (χ4v) is 3.65. The summed E-state index contributed by atoms with van der Waals surface area (Å²) in [5.41, 5.74) is 2.22. The van der Waals surface area contributed by atoms with E-state index in [0.717, 1.165) is 0 Å². The molecule has 0 radical (unpaired) electrons. The van der Waals surface area contributed by atoms with Gasteiger partial charge in [0, 0.05) is 44.6 Å². The molecule has 0 atom stereocenters. The first-order chi connectivity index (χ1) is 18.7. The summed E-state index contributed by atoms with van der Waals surface area (Å²) in [5.74, 6) is 0.976. The highest BCUT2D eigenvalue weighted by atomic mass is 16.6. The van der Waals surface area contributed by atoms with E-state index in [1.807, 2.05) is 11.1 Å². The van der Waals surface area contributed by atoms with E-state index in [0.29, 0.717) is 74.4 Å². The van der Waals surface area contributed by atoms with Crippen LogP contribution in [0.5, 0.6) is 0 Å². The minimum atomic E-state index is -0.652. The van der Waals surface area contributed by atoms with Gasteiger partial charge >= 0.3 is 6.09 Å². The zero-order chi connectivity index (χ0) is 27.8. The maximum Gasteiger partial charge on any atom is 0.414 e. The minimum absolute atomic E-state index is 0.0911. The monoisotopic (exact) mass is 540 g/mol. The number of rotatable bonds is 9. The first-order valence-electron chi connectivity index (χ1n) is 12.6. The number of carbonyl (C=O) groups is 2. The number of unbranched alkanes of at least 4 members (excludes halogenated alkanes) is 1. The Morgan fingerprint density at radius 3 is 2.38 bits per heavy atom. The van der Waals surface area contributed by atoms with Crippen LogP contribution in [-0.2, 0) is 20.8 Å². The quantitative estimate of drug-likeness (QED) is 0.204. The minimum Gasteiger partial charge on any atom is -0.444 e. The number of anilines is 2. The van der Waals surface area contributed by atoms with Gasteiger partial charge < -0.3 is 14.4 Å². The highest BCUT2D eigenvalue weighted by Crippen LogP contribution is 2.23. The van der Waals surface area contributed by atoms with Gasteiger partial charge in [-0.1, -0.05) is 0 Å². The molecule has 0 spiro atoms. The summed E-state index contributed by atoms with van der Waals surface area (Å²) in [5, 5.41) is 15.5. The third kappa shape index (κ3) is 8.12. The van der Waals surface area contributed by atoms with Crippen LogP contribution in [0.25, 0.3) is 22.8 Å². The predicted octanol–water partition coefficient (Wildman–Crippen LogP) is 2.05. The lowest BCUT2D eigenvalue weighted by molar-refractivity contribution is -0.129. The summed E-state index contributed by atoms with van der Waals surface area (Å²) in [7, 11) is 0. The molecule has 1 aliphatic rings. The number of nitrogens with zero attached hydrogens (tertiary/aromatic N) is 8. The van der Waals surface area contributed by atoms with Crippen molar-refractivity contribution in [2.24, 2.45) is 0 Å². The van der Waals surface area contributed by atoms with E-state index in [4.69, 9.17) is 14.7 Å². The van der Waals surface area contributed by atoms with Gasteiger partial charge in [0.2, 0.25) is 17.8 Å². The molecule has 208 valence electrons. The Morgan fingerprint density at radius 1 is 1.03 bits per heavy atom. The van der Waals surface area contributed by atoms with Gasteiger partial charge in [-0.25, -0.2) is 25.2 Å². The van der Waals surface area contributed by atoms with Crippen molar-refractivity contribution in [1.82, 2.24) is 40.2 Å². The van der Waals surface area contributed by atoms with E-state index in [9.17, 15) is 9.59 Å². The van der Waals surface area contributed by atoms with E-state index in [1.165, 1.54) is 12.4 Å². The number of hydrogen-bond donors (Lipinski definition) is 3. The van der Waals surface area contributed by atoms with Crippen LogP contribution in [0.3, 0.4) is 0 Å². The van der Waals surface area contributed by atoms with Crippen LogP contribution in [0.4, 0.5) is 16.7 Å². The highest BCUT2D eigenvalue weighted by molar-refractivity contribution is 5.82. The van der Waals surface area contributed by atoms with Crippen molar-refractivity contribution < 1.29 is 24.3 Å². The molecule has 4 rings (SSSR count). The van der Waals surface area contributed by atoms with Crippen LogP contribution in [0.2, 0.25) is 0 Å². The second-order valence-electron chi connectivity index (χ2n) is 9.79. The van der Waals surface area contributed by atoms with Crippen LogP contribution >= 0.6 is 0 Å². The Kier molecular flexibility index (Phi) is 8.93. The summed E-state index contributed by atoms with van der Waals surface area (Å²) in [6.45, 7) is 8.30. The van der Waals surface area contributed by atoms with Gasteiger partial charge in [0.05, 0.1) is 30.5 Å². The van der Waals surface area contributed by atoms with Gasteiger partial charge in [-0.2, -0.15) is 15.1 Å². The average Bonchev–Trinajstić information content (AvgIpc) is 3.39. The van der Waals surface area contributed by atoms with Crippen LogP contribution < -0.4 is 15.7 Å². The highest BCUT2D eigenvalue weighted by Gasteiger charge is 2.20. The Labute approximate surface area is 225 Å². The molecule has 1 saturated heterocycles. The summed E-state index contributed by atoms with van der Waals surface area (Å²) in [6.07, 6.45) is 7.45. The fraction of sp³-hybridized carbons (Fsp3) is 0.500. The van der Waals surface area contributed by atoms with Crippen molar-refractivity contribution >= 4 is 23.9 Å². The number of carbonyl (C=O) groups excluding carboxylic acids is 2. The third-order valence-electron chi connectivity index (χ3n) is 5.50. The lowest BCUT2D eigenvalue weighted by atomic mass is 10.2. The van der Waals surface area contributed by atoms with Crippen molar-refractivity contribution in [3.63, 3.8) is 0 Å². The lowest BCUT2D eigenvalue weighted by Gasteiger charge is -2.27. The van der Waals surface area contributed by atoms with Crippen molar-refractivity contribution in [3.05, 3.63) is 24.8 Å². The number of ether oxygens (including phenoxy) is 2. The van der Waals surface area contributed by atoms with Crippen LogP contribution in [0, 0.1) is 0 Å². The third-order valence-corrected chi connectivity index (χ3v) is 5.50. The van der Waals surface area contributed by atoms with E-state index in [1.54, 1.807) is 37.1 Å². The molecule has 0 aromatic carbocycles. The molecule has 39 heavy (non-hydrogen) atoms. The molecule has 0 aliphatic carbocycles. The molecule has 1 fully saturated rings. The number of amides is 2. The number of hydroxylamine groups is 1. The van der Waals surface area contributed by atoms with Crippen molar-refractivity contribution in [2.45, 2.75) is 52.2 Å². The number of aryl methyl sites for hydroxylation is 1. The summed E-state index contributed by atoms with van der Waals surface area (Å²) >= 11 is 0. The van der Waals surface area contributed by atoms with Gasteiger partial charge in [0.25, 0.3) is 0 Å². The van der Waals surface area contributed by atoms with Crippen LogP contribution in [-0.4, -0.2) is 83.8 Å². The van der Waals surface area contributed by atoms with Crippen LogP contribution in [0.15, 0.2) is 24.8 Å². The zero-order valence-electron chi connectivity index (χ0n) is 22.1. The average molecular weight is 541 g/mol. The van der Waals surface area contributed by atoms with E-state index >= 15 is 0 Å². The van der Waals surface area contributed by atoms with Crippen molar-refractivity contribution in [3.8, 4) is 22.8 Å².